The van der Waals surface area contributed by atoms with Crippen molar-refractivity contribution < 1.29 is 4.74 Å². The first kappa shape index (κ1) is 15.8. The molecular formula is C16H17BrINO. The lowest BCUT2D eigenvalue weighted by Gasteiger charge is -2.22. The smallest absolute Gasteiger partial charge is 0.123 e. The van der Waals surface area contributed by atoms with Crippen molar-refractivity contribution in [1.82, 2.24) is 5.32 Å². The molecule has 0 aliphatic rings. The molecule has 1 N–H and O–H groups in total. The lowest BCUT2D eigenvalue weighted by Crippen LogP contribution is -2.23. The van der Waals surface area contributed by atoms with E-state index in [9.17, 15) is 0 Å². The van der Waals surface area contributed by atoms with E-state index in [0.29, 0.717) is 0 Å². The second-order valence-electron chi connectivity index (χ2n) is 4.40. The third-order valence-corrected chi connectivity index (χ3v) is 4.60. The first-order chi connectivity index (χ1) is 9.67. The summed E-state index contributed by atoms with van der Waals surface area (Å²) in [5.74, 6) is 0.911. The number of nitrogens with one attached hydrogen (secondary N) is 1. The summed E-state index contributed by atoms with van der Waals surface area (Å²) in [5, 5.41) is 3.55. The maximum atomic E-state index is 5.51. The zero-order valence-electron chi connectivity index (χ0n) is 11.5. The van der Waals surface area contributed by atoms with Crippen LogP contribution < -0.4 is 10.1 Å². The van der Waals surface area contributed by atoms with Crippen molar-refractivity contribution in [3.8, 4) is 5.75 Å². The van der Waals surface area contributed by atoms with Gasteiger partial charge in [0.05, 0.1) is 13.2 Å². The minimum absolute atomic E-state index is 0.126. The molecule has 106 valence electrons. The van der Waals surface area contributed by atoms with E-state index in [-0.39, 0.29) is 6.04 Å². The quantitative estimate of drug-likeness (QED) is 0.670. The standard InChI is InChI=1S/C16H17BrINO/c1-3-19-16(12-6-4-5-7-15(12)20-2)13-10-11(17)8-9-14(13)18/h4-10,16,19H,3H2,1-2H3. The Morgan fingerprint density at radius 3 is 2.65 bits per heavy atom. The van der Waals surface area contributed by atoms with Gasteiger partial charge in [-0.05, 0) is 59.0 Å². The molecule has 0 aliphatic heterocycles. The highest BCUT2D eigenvalue weighted by atomic mass is 127. The predicted molar refractivity (Wildman–Crippen MR) is 95.4 cm³/mol. The number of hydrogen-bond acceptors (Lipinski definition) is 2. The van der Waals surface area contributed by atoms with Crippen LogP contribution in [-0.4, -0.2) is 13.7 Å². The Labute approximate surface area is 142 Å². The normalized spacial score (nSPS) is 12.2. The Balaban J connectivity index is 2.53. The van der Waals surface area contributed by atoms with Crippen LogP contribution in [0.1, 0.15) is 24.1 Å². The van der Waals surface area contributed by atoms with Gasteiger partial charge >= 0.3 is 0 Å². The van der Waals surface area contributed by atoms with E-state index in [1.54, 1.807) is 7.11 Å². The van der Waals surface area contributed by atoms with E-state index < -0.39 is 0 Å². The summed E-state index contributed by atoms with van der Waals surface area (Å²) in [6, 6.07) is 14.6. The molecule has 0 aromatic heterocycles. The number of hydrogen-bond donors (Lipinski definition) is 1. The van der Waals surface area contributed by atoms with E-state index in [0.717, 1.165) is 22.3 Å². The zero-order valence-corrected chi connectivity index (χ0v) is 15.2. The topological polar surface area (TPSA) is 21.3 Å². The van der Waals surface area contributed by atoms with Gasteiger partial charge < -0.3 is 10.1 Å². The van der Waals surface area contributed by atoms with Crippen molar-refractivity contribution >= 4 is 38.5 Å². The Morgan fingerprint density at radius 1 is 1.20 bits per heavy atom. The summed E-state index contributed by atoms with van der Waals surface area (Å²) < 4.78 is 7.84. The van der Waals surface area contributed by atoms with Crippen LogP contribution in [0.15, 0.2) is 46.9 Å². The molecule has 0 heterocycles. The van der Waals surface area contributed by atoms with Crippen LogP contribution in [0.4, 0.5) is 0 Å². The summed E-state index contributed by atoms with van der Waals surface area (Å²) in [5.41, 5.74) is 2.42. The summed E-state index contributed by atoms with van der Waals surface area (Å²) in [4.78, 5) is 0. The van der Waals surface area contributed by atoms with Gasteiger partial charge in [0.15, 0.2) is 0 Å². The molecular weight excluding hydrogens is 429 g/mol. The monoisotopic (exact) mass is 445 g/mol. The molecule has 4 heteroatoms. The molecule has 2 aromatic carbocycles. The van der Waals surface area contributed by atoms with Crippen molar-refractivity contribution in [3.63, 3.8) is 0 Å². The predicted octanol–water partition coefficient (Wildman–Crippen LogP) is 4.76. The SMILES string of the molecule is CCNC(c1cc(Br)ccc1I)c1ccccc1OC. The summed E-state index contributed by atoms with van der Waals surface area (Å²) >= 11 is 5.94. The maximum absolute atomic E-state index is 5.51. The van der Waals surface area contributed by atoms with Crippen molar-refractivity contribution in [2.24, 2.45) is 0 Å². The number of ether oxygens (including phenoxy) is 1. The Morgan fingerprint density at radius 2 is 1.95 bits per heavy atom. The fourth-order valence-electron chi connectivity index (χ4n) is 2.23. The molecule has 2 rings (SSSR count). The van der Waals surface area contributed by atoms with E-state index >= 15 is 0 Å². The molecule has 2 aromatic rings. The van der Waals surface area contributed by atoms with Crippen molar-refractivity contribution in [2.75, 3.05) is 13.7 Å². The molecule has 0 saturated heterocycles. The number of halogens is 2. The van der Waals surface area contributed by atoms with Gasteiger partial charge in [0.1, 0.15) is 5.75 Å². The van der Waals surface area contributed by atoms with Crippen LogP contribution in [0, 0.1) is 3.57 Å². The molecule has 1 atom stereocenters. The molecule has 0 amide bonds. The lowest BCUT2D eigenvalue weighted by atomic mass is 9.98. The highest BCUT2D eigenvalue weighted by molar-refractivity contribution is 14.1. The van der Waals surface area contributed by atoms with E-state index in [4.69, 9.17) is 4.74 Å². The van der Waals surface area contributed by atoms with Gasteiger partial charge in [-0.1, -0.05) is 41.1 Å². The second kappa shape index (κ2) is 7.43. The number of benzene rings is 2. The minimum atomic E-state index is 0.126. The van der Waals surface area contributed by atoms with E-state index in [1.807, 2.05) is 18.2 Å². The minimum Gasteiger partial charge on any atom is -0.496 e. The Hall–Kier alpha value is -0.590. The first-order valence-electron chi connectivity index (χ1n) is 6.48. The molecule has 2 nitrogen and oxygen atoms in total. The van der Waals surface area contributed by atoms with Gasteiger partial charge in [-0.25, -0.2) is 0 Å². The highest BCUT2D eigenvalue weighted by Gasteiger charge is 2.19. The molecule has 0 radical (unpaired) electrons. The number of para-hydroxylation sites is 1. The Bertz CT molecular complexity index is 588. The average Bonchev–Trinajstić information content (AvgIpc) is 2.47. The van der Waals surface area contributed by atoms with Gasteiger partial charge in [0.25, 0.3) is 0 Å². The maximum Gasteiger partial charge on any atom is 0.123 e. The van der Waals surface area contributed by atoms with Crippen LogP contribution in [0.2, 0.25) is 0 Å². The van der Waals surface area contributed by atoms with Crippen LogP contribution in [0.5, 0.6) is 5.75 Å². The third kappa shape index (κ3) is 3.54. The molecule has 0 bridgehead atoms. The summed E-state index contributed by atoms with van der Waals surface area (Å²) in [6.07, 6.45) is 0. The number of methoxy groups -OCH3 is 1. The largest absolute Gasteiger partial charge is 0.496 e. The lowest BCUT2D eigenvalue weighted by molar-refractivity contribution is 0.404. The number of rotatable bonds is 5. The second-order valence-corrected chi connectivity index (χ2v) is 6.48. The van der Waals surface area contributed by atoms with Crippen LogP contribution >= 0.6 is 38.5 Å². The Kier molecular flexibility index (Phi) is 5.86. The summed E-state index contributed by atoms with van der Waals surface area (Å²) in [7, 11) is 1.72. The van der Waals surface area contributed by atoms with Crippen LogP contribution in [0.3, 0.4) is 0 Å². The van der Waals surface area contributed by atoms with Crippen LogP contribution in [0.25, 0.3) is 0 Å². The van der Waals surface area contributed by atoms with Crippen LogP contribution in [-0.2, 0) is 0 Å². The molecule has 20 heavy (non-hydrogen) atoms. The van der Waals surface area contributed by atoms with E-state index in [1.165, 1.54) is 9.13 Å². The molecule has 0 fully saturated rings. The van der Waals surface area contributed by atoms with Gasteiger partial charge in [-0.2, -0.15) is 0 Å². The van der Waals surface area contributed by atoms with Gasteiger partial charge in [-0.3, -0.25) is 0 Å². The van der Waals surface area contributed by atoms with Gasteiger partial charge in [-0.15, -0.1) is 0 Å². The fourth-order valence-corrected chi connectivity index (χ4v) is 3.26. The highest BCUT2D eigenvalue weighted by Crippen LogP contribution is 2.33. The van der Waals surface area contributed by atoms with E-state index in [2.05, 4.69) is 75.0 Å². The molecule has 0 spiro atoms. The molecule has 0 saturated carbocycles. The zero-order chi connectivity index (χ0) is 14.5. The third-order valence-electron chi connectivity index (χ3n) is 3.13. The average molecular weight is 446 g/mol. The van der Waals surface area contributed by atoms with Crippen molar-refractivity contribution in [1.29, 1.82) is 0 Å². The van der Waals surface area contributed by atoms with Crippen molar-refractivity contribution in [2.45, 2.75) is 13.0 Å². The van der Waals surface area contributed by atoms with Crippen molar-refractivity contribution in [3.05, 3.63) is 61.6 Å². The summed E-state index contributed by atoms with van der Waals surface area (Å²) in [6.45, 7) is 3.01. The first-order valence-corrected chi connectivity index (χ1v) is 8.35. The van der Waals surface area contributed by atoms with Gasteiger partial charge in [0, 0.05) is 13.6 Å². The molecule has 1 unspecified atom stereocenters. The van der Waals surface area contributed by atoms with Gasteiger partial charge in [0.2, 0.25) is 0 Å². The molecule has 0 aliphatic carbocycles. The fraction of sp³-hybridized carbons (Fsp3) is 0.250.